The van der Waals surface area contributed by atoms with E-state index in [0.717, 1.165) is 18.4 Å². The van der Waals surface area contributed by atoms with Crippen LogP contribution in [-0.2, 0) is 0 Å². The summed E-state index contributed by atoms with van der Waals surface area (Å²) in [4.78, 5) is 0. The van der Waals surface area contributed by atoms with Crippen LogP contribution < -0.4 is 15.2 Å². The van der Waals surface area contributed by atoms with Gasteiger partial charge >= 0.3 is 0 Å². The number of hydrogen-bond acceptors (Lipinski definition) is 4. The molecule has 5 heteroatoms. The van der Waals surface area contributed by atoms with Crippen LogP contribution in [0.3, 0.4) is 0 Å². The van der Waals surface area contributed by atoms with Gasteiger partial charge < -0.3 is 20.3 Å². The maximum absolute atomic E-state index is 9.58. The van der Waals surface area contributed by atoms with Crippen molar-refractivity contribution in [2.45, 2.75) is 32.7 Å². The first-order valence-electron chi connectivity index (χ1n) is 6.20. The maximum atomic E-state index is 9.58. The molecule has 1 aromatic carbocycles. The molecule has 1 atom stereocenters. The van der Waals surface area contributed by atoms with E-state index in [2.05, 4.69) is 13.8 Å². The highest BCUT2D eigenvalue weighted by Gasteiger charge is 2.19. The van der Waals surface area contributed by atoms with Crippen molar-refractivity contribution < 1.29 is 14.6 Å². The van der Waals surface area contributed by atoms with E-state index in [1.807, 2.05) is 0 Å². The molecule has 0 heterocycles. The van der Waals surface area contributed by atoms with Gasteiger partial charge in [0.25, 0.3) is 0 Å². The minimum Gasteiger partial charge on any atom is -0.508 e. The molecule has 0 radical (unpaired) electrons. The Bertz CT molecular complexity index is 371. The summed E-state index contributed by atoms with van der Waals surface area (Å²) in [5.41, 5.74) is 7.02. The standard InChI is InChI=1S/C14H23NO3.ClH/c1-9(2)5-6-11(15)14-12(17-3)7-10(16)8-13(14)18-4;/h7-9,11,16H,5-6,15H2,1-4H3;1H/t11-;/m1./s1. The number of benzene rings is 1. The lowest BCUT2D eigenvalue weighted by molar-refractivity contribution is 0.366. The van der Waals surface area contributed by atoms with Gasteiger partial charge in [0.2, 0.25) is 0 Å². The number of halogens is 1. The van der Waals surface area contributed by atoms with Crippen molar-refractivity contribution in [3.05, 3.63) is 17.7 Å². The molecule has 3 N–H and O–H groups in total. The van der Waals surface area contributed by atoms with Crippen LogP contribution in [-0.4, -0.2) is 19.3 Å². The Kier molecular flexibility index (Phi) is 7.64. The van der Waals surface area contributed by atoms with Crippen LogP contribution in [0.5, 0.6) is 17.2 Å². The molecule has 0 aliphatic rings. The minimum absolute atomic E-state index is 0. The lowest BCUT2D eigenvalue weighted by Gasteiger charge is -2.20. The van der Waals surface area contributed by atoms with Crippen molar-refractivity contribution in [1.29, 1.82) is 0 Å². The fraction of sp³-hybridized carbons (Fsp3) is 0.571. The molecule has 0 fully saturated rings. The van der Waals surface area contributed by atoms with Gasteiger partial charge in [-0.2, -0.15) is 0 Å². The van der Waals surface area contributed by atoms with Crippen LogP contribution in [0.25, 0.3) is 0 Å². The summed E-state index contributed by atoms with van der Waals surface area (Å²) < 4.78 is 10.6. The minimum atomic E-state index is -0.155. The molecule has 0 spiro atoms. The van der Waals surface area contributed by atoms with Crippen LogP contribution in [0.15, 0.2) is 12.1 Å². The fourth-order valence-electron chi connectivity index (χ4n) is 1.95. The van der Waals surface area contributed by atoms with Crippen LogP contribution in [0, 0.1) is 5.92 Å². The quantitative estimate of drug-likeness (QED) is 0.843. The average molecular weight is 290 g/mol. The zero-order valence-electron chi connectivity index (χ0n) is 12.0. The summed E-state index contributed by atoms with van der Waals surface area (Å²) in [6.45, 7) is 4.33. The van der Waals surface area contributed by atoms with Crippen molar-refractivity contribution in [2.24, 2.45) is 11.7 Å². The molecule has 19 heavy (non-hydrogen) atoms. The molecule has 0 saturated carbocycles. The number of ether oxygens (including phenoxy) is 2. The Morgan fingerprint density at radius 2 is 1.58 bits per heavy atom. The van der Waals surface area contributed by atoms with E-state index in [9.17, 15) is 5.11 Å². The van der Waals surface area contributed by atoms with E-state index in [-0.39, 0.29) is 24.2 Å². The number of nitrogens with two attached hydrogens (primary N) is 1. The molecule has 0 aromatic heterocycles. The van der Waals surface area contributed by atoms with Crippen LogP contribution in [0.1, 0.15) is 38.3 Å². The van der Waals surface area contributed by atoms with Gasteiger partial charge in [-0.05, 0) is 18.8 Å². The Morgan fingerprint density at radius 1 is 1.11 bits per heavy atom. The van der Waals surface area contributed by atoms with Gasteiger partial charge in [-0.1, -0.05) is 13.8 Å². The summed E-state index contributed by atoms with van der Waals surface area (Å²) in [6, 6.07) is 2.97. The van der Waals surface area contributed by atoms with Gasteiger partial charge in [0, 0.05) is 18.2 Å². The summed E-state index contributed by atoms with van der Waals surface area (Å²) in [5.74, 6) is 1.86. The van der Waals surface area contributed by atoms with E-state index in [0.29, 0.717) is 17.4 Å². The van der Waals surface area contributed by atoms with Crippen LogP contribution in [0.2, 0.25) is 0 Å². The summed E-state index contributed by atoms with van der Waals surface area (Å²) in [6.07, 6.45) is 1.89. The smallest absolute Gasteiger partial charge is 0.131 e. The molecular weight excluding hydrogens is 266 g/mol. The molecule has 0 aliphatic carbocycles. The molecule has 0 bridgehead atoms. The Hall–Kier alpha value is -1.13. The lowest BCUT2D eigenvalue weighted by Crippen LogP contribution is -2.14. The summed E-state index contributed by atoms with van der Waals surface area (Å²) in [5, 5.41) is 9.58. The van der Waals surface area contributed by atoms with Crippen molar-refractivity contribution in [1.82, 2.24) is 0 Å². The highest BCUT2D eigenvalue weighted by Crippen LogP contribution is 2.38. The predicted octanol–water partition coefficient (Wildman–Crippen LogP) is 3.27. The topological polar surface area (TPSA) is 64.7 Å². The Labute approximate surface area is 121 Å². The van der Waals surface area contributed by atoms with E-state index in [1.54, 1.807) is 26.4 Å². The number of aromatic hydroxyl groups is 1. The van der Waals surface area contributed by atoms with Crippen molar-refractivity contribution in [2.75, 3.05) is 14.2 Å². The zero-order chi connectivity index (χ0) is 13.7. The molecule has 0 amide bonds. The lowest BCUT2D eigenvalue weighted by atomic mass is 9.96. The molecule has 0 saturated heterocycles. The van der Waals surface area contributed by atoms with Crippen molar-refractivity contribution in [3.8, 4) is 17.2 Å². The third-order valence-electron chi connectivity index (χ3n) is 2.95. The van der Waals surface area contributed by atoms with Gasteiger partial charge in [0.05, 0.1) is 19.8 Å². The molecule has 110 valence electrons. The van der Waals surface area contributed by atoms with E-state index < -0.39 is 0 Å². The number of phenols is 1. The first-order chi connectivity index (χ1) is 8.49. The highest BCUT2D eigenvalue weighted by molar-refractivity contribution is 5.85. The second-order valence-corrected chi connectivity index (χ2v) is 4.84. The van der Waals surface area contributed by atoms with Gasteiger partial charge in [-0.3, -0.25) is 0 Å². The van der Waals surface area contributed by atoms with E-state index in [4.69, 9.17) is 15.2 Å². The van der Waals surface area contributed by atoms with Crippen LogP contribution in [0.4, 0.5) is 0 Å². The second-order valence-electron chi connectivity index (χ2n) is 4.84. The summed E-state index contributed by atoms with van der Waals surface area (Å²) >= 11 is 0. The fourth-order valence-corrected chi connectivity index (χ4v) is 1.95. The summed E-state index contributed by atoms with van der Waals surface area (Å²) in [7, 11) is 3.12. The number of hydrogen-bond donors (Lipinski definition) is 2. The van der Waals surface area contributed by atoms with Gasteiger partial charge in [-0.15, -0.1) is 12.4 Å². The number of methoxy groups -OCH3 is 2. The van der Waals surface area contributed by atoms with Crippen molar-refractivity contribution >= 4 is 12.4 Å². The van der Waals surface area contributed by atoms with E-state index >= 15 is 0 Å². The second kappa shape index (κ2) is 8.12. The first-order valence-corrected chi connectivity index (χ1v) is 6.20. The van der Waals surface area contributed by atoms with Gasteiger partial charge in [0.15, 0.2) is 0 Å². The number of phenolic OH excluding ortho intramolecular Hbond substituents is 1. The average Bonchev–Trinajstić information content (AvgIpc) is 2.34. The Balaban J connectivity index is 0.00000324. The zero-order valence-corrected chi connectivity index (χ0v) is 12.8. The molecule has 1 aromatic rings. The van der Waals surface area contributed by atoms with Gasteiger partial charge in [0.1, 0.15) is 17.2 Å². The third-order valence-corrected chi connectivity index (χ3v) is 2.95. The van der Waals surface area contributed by atoms with Crippen LogP contribution >= 0.6 is 12.4 Å². The molecule has 4 nitrogen and oxygen atoms in total. The predicted molar refractivity (Wildman–Crippen MR) is 79.5 cm³/mol. The third kappa shape index (κ3) is 4.80. The molecule has 1 rings (SSSR count). The van der Waals surface area contributed by atoms with E-state index in [1.165, 1.54) is 0 Å². The van der Waals surface area contributed by atoms with Gasteiger partial charge in [-0.25, -0.2) is 0 Å². The molecule has 0 unspecified atom stereocenters. The van der Waals surface area contributed by atoms with Crippen molar-refractivity contribution in [3.63, 3.8) is 0 Å². The molecule has 0 aliphatic heterocycles. The highest BCUT2D eigenvalue weighted by atomic mass is 35.5. The largest absolute Gasteiger partial charge is 0.508 e. The first kappa shape index (κ1) is 17.9. The monoisotopic (exact) mass is 289 g/mol. The normalized spacial score (nSPS) is 11.9. The SMILES string of the molecule is COc1cc(O)cc(OC)c1[C@H](N)CCC(C)C.Cl. The maximum Gasteiger partial charge on any atom is 0.131 e. The Morgan fingerprint density at radius 3 is 1.95 bits per heavy atom. The number of rotatable bonds is 6. The molecular formula is C14H24ClNO3.